The average Bonchev–Trinajstić information content (AvgIpc) is 2.43. The third kappa shape index (κ3) is 6.17. The van der Waals surface area contributed by atoms with Crippen molar-refractivity contribution in [1.82, 2.24) is 5.32 Å². The van der Waals surface area contributed by atoms with Crippen molar-refractivity contribution >= 4 is 28.9 Å². The van der Waals surface area contributed by atoms with Crippen LogP contribution >= 0.6 is 11.8 Å². The van der Waals surface area contributed by atoms with Crippen molar-refractivity contribution in [2.45, 2.75) is 23.8 Å². The minimum absolute atomic E-state index is 0.167. The highest BCUT2D eigenvalue weighted by Gasteiger charge is 2.21. The van der Waals surface area contributed by atoms with Crippen LogP contribution in [-0.2, 0) is 9.59 Å². The lowest BCUT2D eigenvalue weighted by molar-refractivity contribution is -0.140. The second kappa shape index (κ2) is 8.15. The SMILES string of the molecule is COc1ccc(SC(=O)N[C@@H](CCC(=O)O)C(=O)O)cc1. The maximum absolute atomic E-state index is 11.7. The minimum Gasteiger partial charge on any atom is -0.497 e. The monoisotopic (exact) mass is 313 g/mol. The Morgan fingerprint density at radius 2 is 1.86 bits per heavy atom. The Hall–Kier alpha value is -2.22. The van der Waals surface area contributed by atoms with Crippen molar-refractivity contribution in [3.63, 3.8) is 0 Å². The Kier molecular flexibility index (Phi) is 6.54. The highest BCUT2D eigenvalue weighted by atomic mass is 32.2. The fourth-order valence-corrected chi connectivity index (χ4v) is 2.14. The number of carbonyl (C=O) groups is 3. The predicted octanol–water partition coefficient (Wildman–Crippen LogP) is 1.81. The summed E-state index contributed by atoms with van der Waals surface area (Å²) in [5, 5.41) is 19.2. The molecular weight excluding hydrogens is 298 g/mol. The molecule has 0 unspecified atom stereocenters. The number of benzene rings is 1. The molecule has 0 aliphatic carbocycles. The molecule has 1 amide bonds. The van der Waals surface area contributed by atoms with Gasteiger partial charge in [-0.25, -0.2) is 4.79 Å². The maximum atomic E-state index is 11.7. The molecule has 1 aromatic carbocycles. The van der Waals surface area contributed by atoms with E-state index in [-0.39, 0.29) is 12.8 Å². The van der Waals surface area contributed by atoms with Crippen LogP contribution in [0, 0.1) is 0 Å². The molecule has 8 heteroatoms. The van der Waals surface area contributed by atoms with E-state index in [0.717, 1.165) is 11.8 Å². The molecule has 0 aliphatic rings. The summed E-state index contributed by atoms with van der Waals surface area (Å²) in [5.41, 5.74) is 0. The fraction of sp³-hybridized carbons (Fsp3) is 0.308. The smallest absolute Gasteiger partial charge is 0.326 e. The Balaban J connectivity index is 2.56. The van der Waals surface area contributed by atoms with Crippen LogP contribution in [0.25, 0.3) is 0 Å². The Morgan fingerprint density at radius 3 is 2.33 bits per heavy atom. The van der Waals surface area contributed by atoms with Crippen LogP contribution in [0.5, 0.6) is 5.75 Å². The summed E-state index contributed by atoms with van der Waals surface area (Å²) >= 11 is 0.826. The molecule has 0 fully saturated rings. The van der Waals surface area contributed by atoms with Gasteiger partial charge in [-0.2, -0.15) is 0 Å². The number of hydrogen-bond acceptors (Lipinski definition) is 5. The van der Waals surface area contributed by atoms with Crippen LogP contribution in [0.3, 0.4) is 0 Å². The zero-order chi connectivity index (χ0) is 15.8. The lowest BCUT2D eigenvalue weighted by Crippen LogP contribution is -2.39. The number of amides is 1. The molecule has 1 aromatic rings. The predicted molar refractivity (Wildman–Crippen MR) is 75.7 cm³/mol. The van der Waals surface area contributed by atoms with Gasteiger partial charge in [0.1, 0.15) is 11.8 Å². The molecule has 0 saturated carbocycles. The topological polar surface area (TPSA) is 113 Å². The van der Waals surface area contributed by atoms with Crippen LogP contribution in [0.4, 0.5) is 4.79 Å². The molecule has 7 nitrogen and oxygen atoms in total. The first-order valence-corrected chi connectivity index (χ1v) is 6.81. The highest BCUT2D eigenvalue weighted by molar-refractivity contribution is 8.13. The van der Waals surface area contributed by atoms with Crippen LogP contribution in [0.1, 0.15) is 12.8 Å². The van der Waals surface area contributed by atoms with Crippen molar-refractivity contribution in [2.75, 3.05) is 7.11 Å². The highest BCUT2D eigenvalue weighted by Crippen LogP contribution is 2.22. The summed E-state index contributed by atoms with van der Waals surface area (Å²) < 4.78 is 4.98. The second-order valence-corrected chi connectivity index (χ2v) is 5.08. The lowest BCUT2D eigenvalue weighted by atomic mass is 10.1. The molecule has 0 aliphatic heterocycles. The van der Waals surface area contributed by atoms with Crippen molar-refractivity contribution < 1.29 is 29.3 Å². The molecule has 0 heterocycles. The molecule has 0 aromatic heterocycles. The molecule has 0 radical (unpaired) electrons. The van der Waals surface area contributed by atoms with Gasteiger partial charge in [0.05, 0.1) is 7.11 Å². The first kappa shape index (κ1) is 16.8. The third-order valence-corrected chi connectivity index (χ3v) is 3.32. The quantitative estimate of drug-likeness (QED) is 0.658. The van der Waals surface area contributed by atoms with Crippen LogP contribution in [0.15, 0.2) is 29.2 Å². The van der Waals surface area contributed by atoms with Gasteiger partial charge < -0.3 is 20.3 Å². The number of methoxy groups -OCH3 is 1. The van der Waals surface area contributed by atoms with Crippen molar-refractivity contribution in [2.24, 2.45) is 0 Å². The number of thioether (sulfide) groups is 1. The Morgan fingerprint density at radius 1 is 1.24 bits per heavy atom. The van der Waals surface area contributed by atoms with E-state index in [1.54, 1.807) is 24.3 Å². The number of carbonyl (C=O) groups excluding carboxylic acids is 1. The normalized spacial score (nSPS) is 11.5. The van der Waals surface area contributed by atoms with Crippen LogP contribution < -0.4 is 10.1 Å². The first-order chi connectivity index (χ1) is 9.92. The van der Waals surface area contributed by atoms with E-state index in [9.17, 15) is 14.4 Å². The summed E-state index contributed by atoms with van der Waals surface area (Å²) in [4.78, 5) is 33.7. The summed E-state index contributed by atoms with van der Waals surface area (Å²) in [5.74, 6) is -1.73. The second-order valence-electron chi connectivity index (χ2n) is 4.03. The molecule has 1 rings (SSSR count). The molecule has 0 saturated heterocycles. The van der Waals surface area contributed by atoms with E-state index in [1.807, 2.05) is 0 Å². The summed E-state index contributed by atoms with van der Waals surface area (Å²) in [7, 11) is 1.52. The van der Waals surface area contributed by atoms with E-state index in [1.165, 1.54) is 7.11 Å². The van der Waals surface area contributed by atoms with Gasteiger partial charge in [-0.05, 0) is 42.4 Å². The maximum Gasteiger partial charge on any atom is 0.326 e. The van der Waals surface area contributed by atoms with E-state index >= 15 is 0 Å². The van der Waals surface area contributed by atoms with Gasteiger partial charge in [0.15, 0.2) is 0 Å². The molecule has 3 N–H and O–H groups in total. The van der Waals surface area contributed by atoms with Crippen molar-refractivity contribution in [1.29, 1.82) is 0 Å². The lowest BCUT2D eigenvalue weighted by Gasteiger charge is -2.13. The summed E-state index contributed by atoms with van der Waals surface area (Å²) in [6.45, 7) is 0. The molecule has 21 heavy (non-hydrogen) atoms. The van der Waals surface area contributed by atoms with Gasteiger partial charge in [0.25, 0.3) is 5.24 Å². The number of nitrogens with one attached hydrogen (secondary N) is 1. The van der Waals surface area contributed by atoms with E-state index in [4.69, 9.17) is 14.9 Å². The number of carboxylic acids is 2. The van der Waals surface area contributed by atoms with E-state index in [0.29, 0.717) is 10.6 Å². The van der Waals surface area contributed by atoms with Crippen molar-refractivity contribution in [3.05, 3.63) is 24.3 Å². The van der Waals surface area contributed by atoms with E-state index < -0.39 is 23.2 Å². The zero-order valence-corrected chi connectivity index (χ0v) is 12.1. The Labute approximate surface area is 125 Å². The fourth-order valence-electron chi connectivity index (χ4n) is 1.45. The van der Waals surface area contributed by atoms with Gasteiger partial charge >= 0.3 is 11.9 Å². The van der Waals surface area contributed by atoms with E-state index in [2.05, 4.69) is 5.32 Å². The van der Waals surface area contributed by atoms with Crippen LogP contribution in [0.2, 0.25) is 0 Å². The largest absolute Gasteiger partial charge is 0.497 e. The number of hydrogen-bond donors (Lipinski definition) is 3. The summed E-state index contributed by atoms with van der Waals surface area (Å²) in [6.07, 6.45) is -0.496. The first-order valence-electron chi connectivity index (χ1n) is 5.99. The number of rotatable bonds is 7. The number of carboxylic acid groups (broad SMARTS) is 2. The van der Waals surface area contributed by atoms with Crippen LogP contribution in [-0.4, -0.2) is 40.5 Å². The third-order valence-electron chi connectivity index (χ3n) is 2.51. The molecular formula is C13H15NO6S. The van der Waals surface area contributed by atoms with Gasteiger partial charge in [0.2, 0.25) is 0 Å². The molecule has 114 valence electrons. The Bertz CT molecular complexity index is 516. The van der Waals surface area contributed by atoms with Gasteiger partial charge in [-0.3, -0.25) is 9.59 Å². The molecule has 0 spiro atoms. The summed E-state index contributed by atoms with van der Waals surface area (Å²) in [6, 6.07) is 5.45. The number of ether oxygens (including phenoxy) is 1. The van der Waals surface area contributed by atoms with Gasteiger partial charge in [-0.15, -0.1) is 0 Å². The average molecular weight is 313 g/mol. The molecule has 0 bridgehead atoms. The standard InChI is InChI=1S/C13H15NO6S/c1-20-8-2-4-9(5-3-8)21-13(19)14-10(12(17)18)6-7-11(15)16/h2-5,10H,6-7H2,1H3,(H,14,19)(H,15,16)(H,17,18)/t10-/m0/s1. The number of aliphatic carboxylic acids is 2. The minimum atomic E-state index is -1.26. The van der Waals surface area contributed by atoms with Crippen molar-refractivity contribution in [3.8, 4) is 5.75 Å². The molecule has 1 atom stereocenters. The van der Waals surface area contributed by atoms with Gasteiger partial charge in [-0.1, -0.05) is 0 Å². The zero-order valence-electron chi connectivity index (χ0n) is 11.2. The van der Waals surface area contributed by atoms with Gasteiger partial charge in [0, 0.05) is 11.3 Å².